The van der Waals surface area contributed by atoms with Crippen LogP contribution in [0.1, 0.15) is 101 Å². The first-order chi connectivity index (χ1) is 12.6. The molecule has 0 nitrogen and oxygen atoms in total. The van der Waals surface area contributed by atoms with Crippen molar-refractivity contribution < 1.29 is 50.7 Å². The fourth-order valence-electron chi connectivity index (χ4n) is 3.72. The maximum Gasteiger partial charge on any atom is 4.00 e. The van der Waals surface area contributed by atoms with E-state index in [2.05, 4.69) is 65.8 Å². The number of hydrogen-bond donors (Lipinski definition) is 0. The minimum atomic E-state index is 0. The molecule has 0 N–H and O–H groups in total. The molecule has 29 heavy (non-hydrogen) atoms. The molecule has 0 saturated heterocycles. The number of halogens is 2. The van der Waals surface area contributed by atoms with Gasteiger partial charge in [0.2, 0.25) is 0 Å². The zero-order valence-corrected chi connectivity index (χ0v) is 24.7. The Labute approximate surface area is 213 Å². The van der Waals surface area contributed by atoms with Crippen molar-refractivity contribution in [1.82, 2.24) is 0 Å². The van der Waals surface area contributed by atoms with Crippen LogP contribution in [0.4, 0.5) is 0 Å². The van der Waals surface area contributed by atoms with Gasteiger partial charge >= 0.3 is 25.8 Å². The number of rotatable bonds is 10. The molecule has 0 bridgehead atoms. The Kier molecular flexibility index (Phi) is 23.4. The minimum Gasteiger partial charge on any atom is -1.00 e. The maximum absolute atomic E-state index is 2.40. The second-order valence-electron chi connectivity index (χ2n) is 7.45. The molecule has 0 spiro atoms. The maximum atomic E-state index is 2.40. The molecule has 0 saturated carbocycles. The van der Waals surface area contributed by atoms with Gasteiger partial charge in [-0.25, -0.2) is 12.1 Å². The van der Waals surface area contributed by atoms with Crippen LogP contribution in [0.3, 0.4) is 0 Å². The molecule has 0 aliphatic carbocycles. The van der Waals surface area contributed by atoms with Gasteiger partial charge in [0, 0.05) is 0 Å². The summed E-state index contributed by atoms with van der Waals surface area (Å²) in [6.07, 6.45) is 12.6. The summed E-state index contributed by atoms with van der Waals surface area (Å²) in [6, 6.07) is 9.59. The largest absolute Gasteiger partial charge is 4.00 e. The van der Waals surface area contributed by atoms with Crippen molar-refractivity contribution in [2.24, 2.45) is 0 Å². The zero-order chi connectivity index (χ0) is 19.4. The fourth-order valence-corrected chi connectivity index (χ4v) is 3.72. The SMILES string of the molecule is CCCCc1cc(CC)[c-](CC)c1.CCCCc1cc(CC)[c-](CC)c1.[Cl-].[Cl-].[Hf+4]. The van der Waals surface area contributed by atoms with Gasteiger partial charge in [0.15, 0.2) is 0 Å². The third-order valence-corrected chi connectivity index (χ3v) is 5.43. The topological polar surface area (TPSA) is 0 Å². The summed E-state index contributed by atoms with van der Waals surface area (Å²) in [6.45, 7) is 13.5. The van der Waals surface area contributed by atoms with E-state index in [0.29, 0.717) is 0 Å². The van der Waals surface area contributed by atoms with Crippen LogP contribution in [-0.2, 0) is 64.4 Å². The van der Waals surface area contributed by atoms with Crippen LogP contribution >= 0.6 is 0 Å². The molecule has 2 aromatic rings. The molecule has 0 unspecified atom stereocenters. The monoisotopic (exact) mass is 604 g/mol. The molecule has 0 aromatic heterocycles. The Morgan fingerprint density at radius 2 is 0.966 bits per heavy atom. The summed E-state index contributed by atoms with van der Waals surface area (Å²) in [5, 5.41) is 0. The Bertz CT molecular complexity index is 513. The van der Waals surface area contributed by atoms with Crippen LogP contribution in [0.15, 0.2) is 24.3 Å². The quantitative estimate of drug-likeness (QED) is 0.287. The van der Waals surface area contributed by atoms with E-state index in [1.54, 1.807) is 33.4 Å². The van der Waals surface area contributed by atoms with Crippen molar-refractivity contribution in [3.05, 3.63) is 57.6 Å². The molecule has 0 aliphatic heterocycles. The summed E-state index contributed by atoms with van der Waals surface area (Å²) < 4.78 is 0. The third kappa shape index (κ3) is 11.9. The molecule has 0 heterocycles. The van der Waals surface area contributed by atoms with Gasteiger partial charge in [-0.1, -0.05) is 106 Å². The molecule has 0 aliphatic rings. The Hall–Kier alpha value is 0.150. The van der Waals surface area contributed by atoms with Gasteiger partial charge in [-0.15, -0.1) is 0 Å². The van der Waals surface area contributed by atoms with Crippen molar-refractivity contribution in [3.8, 4) is 0 Å². The van der Waals surface area contributed by atoms with Gasteiger partial charge in [-0.05, 0) is 0 Å². The second kappa shape index (κ2) is 20.1. The molecule has 0 radical (unpaired) electrons. The first-order valence-electron chi connectivity index (χ1n) is 11.2. The normalized spacial score (nSPS) is 9.59. The van der Waals surface area contributed by atoms with Gasteiger partial charge in [-0.2, -0.15) is 45.5 Å². The van der Waals surface area contributed by atoms with Gasteiger partial charge in [0.05, 0.1) is 0 Å². The van der Waals surface area contributed by atoms with Crippen molar-refractivity contribution in [2.75, 3.05) is 0 Å². The second-order valence-corrected chi connectivity index (χ2v) is 7.45. The van der Waals surface area contributed by atoms with E-state index in [1.807, 2.05) is 0 Å². The van der Waals surface area contributed by atoms with Gasteiger partial charge in [0.1, 0.15) is 0 Å². The summed E-state index contributed by atoms with van der Waals surface area (Å²) >= 11 is 0. The number of unbranched alkanes of at least 4 members (excludes halogenated alkanes) is 2. The third-order valence-electron chi connectivity index (χ3n) is 5.43. The van der Waals surface area contributed by atoms with Gasteiger partial charge < -0.3 is 24.8 Å². The standard InChI is InChI=1S/2C13H21.2ClH.Hf/c2*1-4-7-8-11-9-12(5-2)13(6-3)10-11;;;/h2*9-10H,4-8H2,1-3H3;2*1H;/q2*-1;;;+4/p-2. The van der Waals surface area contributed by atoms with Crippen LogP contribution in [0.5, 0.6) is 0 Å². The predicted octanol–water partition coefficient (Wildman–Crippen LogP) is 1.75. The Balaban J connectivity index is -0.000000422. The molecule has 2 rings (SSSR count). The summed E-state index contributed by atoms with van der Waals surface area (Å²) in [7, 11) is 0. The molecule has 2 aromatic carbocycles. The van der Waals surface area contributed by atoms with E-state index < -0.39 is 0 Å². The Morgan fingerprint density at radius 1 is 0.621 bits per heavy atom. The van der Waals surface area contributed by atoms with Gasteiger partial charge in [0.25, 0.3) is 0 Å². The Morgan fingerprint density at radius 3 is 1.17 bits per heavy atom. The van der Waals surface area contributed by atoms with E-state index in [9.17, 15) is 0 Å². The van der Waals surface area contributed by atoms with E-state index in [-0.39, 0.29) is 50.7 Å². The fraction of sp³-hybridized carbons (Fsp3) is 0.615. The molecule has 0 fully saturated rings. The molecule has 0 amide bonds. The van der Waals surface area contributed by atoms with E-state index >= 15 is 0 Å². The molecular formula is C26H42Cl2Hf. The predicted molar refractivity (Wildman–Crippen MR) is 119 cm³/mol. The van der Waals surface area contributed by atoms with Crippen molar-refractivity contribution in [3.63, 3.8) is 0 Å². The van der Waals surface area contributed by atoms with Gasteiger partial charge in [-0.3, -0.25) is 0 Å². The van der Waals surface area contributed by atoms with Crippen LogP contribution in [-0.4, -0.2) is 0 Å². The van der Waals surface area contributed by atoms with Crippen LogP contribution in [0, 0.1) is 0 Å². The first-order valence-corrected chi connectivity index (χ1v) is 11.2. The summed E-state index contributed by atoms with van der Waals surface area (Å²) in [5.41, 5.74) is 9.36. The minimum absolute atomic E-state index is 0. The molecule has 0 atom stereocenters. The first kappa shape index (κ1) is 33.8. The number of hydrogen-bond acceptors (Lipinski definition) is 0. The zero-order valence-electron chi connectivity index (χ0n) is 19.6. The van der Waals surface area contributed by atoms with Crippen molar-refractivity contribution in [1.29, 1.82) is 0 Å². The molecule has 3 heteroatoms. The van der Waals surface area contributed by atoms with E-state index in [1.165, 1.54) is 64.2 Å². The van der Waals surface area contributed by atoms with Crippen LogP contribution in [0.2, 0.25) is 0 Å². The van der Waals surface area contributed by atoms with Crippen molar-refractivity contribution >= 4 is 0 Å². The average molecular weight is 604 g/mol. The average Bonchev–Trinajstić information content (AvgIpc) is 3.27. The molecule has 164 valence electrons. The van der Waals surface area contributed by atoms with Crippen LogP contribution in [0.25, 0.3) is 0 Å². The molecular weight excluding hydrogens is 562 g/mol. The summed E-state index contributed by atoms with van der Waals surface area (Å²) in [5.74, 6) is 0. The van der Waals surface area contributed by atoms with E-state index in [0.717, 1.165) is 0 Å². The smallest absolute Gasteiger partial charge is 1.00 e. The number of aryl methyl sites for hydroxylation is 6. The summed E-state index contributed by atoms with van der Waals surface area (Å²) in [4.78, 5) is 0. The van der Waals surface area contributed by atoms with Crippen LogP contribution < -0.4 is 24.8 Å². The van der Waals surface area contributed by atoms with Crippen molar-refractivity contribution in [2.45, 2.75) is 106 Å². The van der Waals surface area contributed by atoms with E-state index in [4.69, 9.17) is 0 Å².